The summed E-state index contributed by atoms with van der Waals surface area (Å²) in [4.78, 5) is 4.29. The second kappa shape index (κ2) is 3.98. The van der Waals surface area contributed by atoms with Gasteiger partial charge in [0.1, 0.15) is 11.6 Å². The average molecular weight is 216 g/mol. The van der Waals surface area contributed by atoms with Crippen LogP contribution >= 0.6 is 0 Å². The highest BCUT2D eigenvalue weighted by molar-refractivity contribution is 5.60. The lowest BCUT2D eigenvalue weighted by Crippen LogP contribution is -2.01. The van der Waals surface area contributed by atoms with E-state index < -0.39 is 0 Å². The number of nitrogen functional groups attached to an aromatic ring is 1. The fourth-order valence-electron chi connectivity index (χ4n) is 1.75. The van der Waals surface area contributed by atoms with E-state index in [-0.39, 0.29) is 0 Å². The van der Waals surface area contributed by atoms with Crippen molar-refractivity contribution in [3.05, 3.63) is 35.5 Å². The molecule has 0 saturated heterocycles. The van der Waals surface area contributed by atoms with Gasteiger partial charge in [0.25, 0.3) is 0 Å². The molecule has 4 N–H and O–H groups in total. The second-order valence-corrected chi connectivity index (χ2v) is 3.91. The number of imidazole rings is 1. The molecule has 1 aromatic carbocycles. The Balaban J connectivity index is 2.49. The molecule has 16 heavy (non-hydrogen) atoms. The molecule has 0 fully saturated rings. The lowest BCUT2D eigenvalue weighted by Gasteiger charge is -2.07. The molecule has 84 valence electrons. The fraction of sp³-hybridized carbons (Fsp3) is 0.250. The van der Waals surface area contributed by atoms with Gasteiger partial charge >= 0.3 is 0 Å². The van der Waals surface area contributed by atoms with E-state index in [0.29, 0.717) is 12.4 Å². The lowest BCUT2D eigenvalue weighted by molar-refractivity contribution is 0.935. The highest BCUT2D eigenvalue weighted by Gasteiger charge is 2.07. The van der Waals surface area contributed by atoms with Crippen LogP contribution in [0.2, 0.25) is 0 Å². The summed E-state index contributed by atoms with van der Waals surface area (Å²) in [6, 6.07) is 6.15. The first-order valence-electron chi connectivity index (χ1n) is 5.20. The number of hydrogen-bond acceptors (Lipinski definition) is 3. The number of anilines is 1. The number of benzene rings is 1. The topological polar surface area (TPSA) is 69.9 Å². The zero-order valence-corrected chi connectivity index (χ0v) is 9.57. The number of nitrogens with two attached hydrogens (primary N) is 2. The molecule has 0 radical (unpaired) electrons. The maximum atomic E-state index is 5.75. The summed E-state index contributed by atoms with van der Waals surface area (Å²) in [5.41, 5.74) is 14.8. The maximum absolute atomic E-state index is 5.75. The van der Waals surface area contributed by atoms with Crippen molar-refractivity contribution in [1.29, 1.82) is 0 Å². The molecule has 0 spiro atoms. The van der Waals surface area contributed by atoms with Crippen molar-refractivity contribution in [2.75, 3.05) is 5.73 Å². The Labute approximate surface area is 94.9 Å². The quantitative estimate of drug-likeness (QED) is 0.798. The third kappa shape index (κ3) is 1.67. The number of hydrogen-bond donors (Lipinski definition) is 2. The Bertz CT molecular complexity index is 514. The van der Waals surface area contributed by atoms with E-state index in [4.69, 9.17) is 11.5 Å². The molecule has 0 aliphatic rings. The van der Waals surface area contributed by atoms with Crippen LogP contribution in [0, 0.1) is 6.92 Å². The third-order valence-electron chi connectivity index (χ3n) is 2.84. The van der Waals surface area contributed by atoms with Crippen LogP contribution in [0.3, 0.4) is 0 Å². The summed E-state index contributed by atoms with van der Waals surface area (Å²) in [6.45, 7) is 2.62. The molecule has 0 aliphatic carbocycles. The van der Waals surface area contributed by atoms with Crippen LogP contribution < -0.4 is 11.5 Å². The van der Waals surface area contributed by atoms with Crippen LogP contribution in [-0.4, -0.2) is 9.55 Å². The smallest absolute Gasteiger partial charge is 0.141 e. The summed E-state index contributed by atoms with van der Waals surface area (Å²) < 4.78 is 1.87. The van der Waals surface area contributed by atoms with Gasteiger partial charge in [0.05, 0.1) is 6.20 Å². The highest BCUT2D eigenvalue weighted by atomic mass is 15.1. The number of aromatic nitrogens is 2. The minimum Gasteiger partial charge on any atom is -0.384 e. The Morgan fingerprint density at radius 2 is 2.12 bits per heavy atom. The molecule has 1 aromatic heterocycles. The predicted molar refractivity (Wildman–Crippen MR) is 65.7 cm³/mol. The maximum Gasteiger partial charge on any atom is 0.141 e. The summed E-state index contributed by atoms with van der Waals surface area (Å²) in [5, 5.41) is 0. The van der Waals surface area contributed by atoms with Gasteiger partial charge in [0, 0.05) is 19.2 Å². The first-order valence-corrected chi connectivity index (χ1v) is 5.20. The van der Waals surface area contributed by atoms with E-state index in [9.17, 15) is 0 Å². The van der Waals surface area contributed by atoms with Gasteiger partial charge in [-0.25, -0.2) is 4.98 Å². The van der Waals surface area contributed by atoms with Gasteiger partial charge in [-0.05, 0) is 24.1 Å². The number of aryl methyl sites for hydroxylation is 1. The number of nitrogens with zero attached hydrogens (tertiary/aromatic N) is 2. The Hall–Kier alpha value is -1.81. The van der Waals surface area contributed by atoms with Crippen LogP contribution in [0.1, 0.15) is 11.1 Å². The molecule has 1 heterocycles. The van der Waals surface area contributed by atoms with Gasteiger partial charge in [0.2, 0.25) is 0 Å². The van der Waals surface area contributed by atoms with Crippen molar-refractivity contribution in [1.82, 2.24) is 9.55 Å². The second-order valence-electron chi connectivity index (χ2n) is 3.91. The molecule has 0 atom stereocenters. The van der Waals surface area contributed by atoms with E-state index in [1.807, 2.05) is 23.7 Å². The third-order valence-corrected chi connectivity index (χ3v) is 2.84. The van der Waals surface area contributed by atoms with Gasteiger partial charge in [0.15, 0.2) is 0 Å². The zero-order chi connectivity index (χ0) is 11.7. The standard InChI is InChI=1S/C12H16N4/c1-8-5-9(3-4-10(8)6-13)12-15-7-11(14)16(12)2/h3-5,7H,6,13-14H2,1-2H3. The summed E-state index contributed by atoms with van der Waals surface area (Å²) >= 11 is 0. The minimum absolute atomic E-state index is 0.564. The Morgan fingerprint density at radius 1 is 1.38 bits per heavy atom. The SMILES string of the molecule is Cc1cc(-c2ncc(N)n2C)ccc1CN. The van der Waals surface area contributed by atoms with Crippen molar-refractivity contribution in [3.8, 4) is 11.4 Å². The zero-order valence-electron chi connectivity index (χ0n) is 9.57. The first kappa shape index (κ1) is 10.7. The van der Waals surface area contributed by atoms with Crippen LogP contribution in [0.4, 0.5) is 5.82 Å². The molecular formula is C12H16N4. The summed E-state index contributed by atoms with van der Waals surface area (Å²) in [7, 11) is 1.91. The summed E-state index contributed by atoms with van der Waals surface area (Å²) in [5.74, 6) is 1.54. The van der Waals surface area contributed by atoms with Crippen LogP contribution in [-0.2, 0) is 13.6 Å². The molecule has 0 aliphatic heterocycles. The molecule has 0 saturated carbocycles. The molecular weight excluding hydrogens is 200 g/mol. The van der Waals surface area contributed by atoms with E-state index in [1.165, 1.54) is 5.56 Å². The molecule has 4 heteroatoms. The Morgan fingerprint density at radius 3 is 2.62 bits per heavy atom. The molecule has 2 aromatic rings. The Kier molecular flexibility index (Phi) is 2.66. The lowest BCUT2D eigenvalue weighted by atomic mass is 10.0. The van der Waals surface area contributed by atoms with Crippen LogP contribution in [0.5, 0.6) is 0 Å². The predicted octanol–water partition coefficient (Wildman–Crippen LogP) is 1.44. The minimum atomic E-state index is 0.564. The van der Waals surface area contributed by atoms with Gasteiger partial charge in [-0.1, -0.05) is 12.1 Å². The van der Waals surface area contributed by atoms with Crippen molar-refractivity contribution in [2.24, 2.45) is 12.8 Å². The van der Waals surface area contributed by atoms with Crippen LogP contribution in [0.25, 0.3) is 11.4 Å². The molecule has 0 amide bonds. The molecule has 0 bridgehead atoms. The number of rotatable bonds is 2. The average Bonchev–Trinajstić information content (AvgIpc) is 2.60. The monoisotopic (exact) mass is 216 g/mol. The summed E-state index contributed by atoms with van der Waals surface area (Å²) in [6.07, 6.45) is 1.67. The van der Waals surface area contributed by atoms with Gasteiger partial charge < -0.3 is 16.0 Å². The van der Waals surface area contributed by atoms with E-state index >= 15 is 0 Å². The van der Waals surface area contributed by atoms with E-state index in [1.54, 1.807) is 6.20 Å². The van der Waals surface area contributed by atoms with Crippen molar-refractivity contribution >= 4 is 5.82 Å². The fourth-order valence-corrected chi connectivity index (χ4v) is 1.75. The molecule has 2 rings (SSSR count). The molecule has 4 nitrogen and oxygen atoms in total. The van der Waals surface area contributed by atoms with Gasteiger partial charge in [-0.2, -0.15) is 0 Å². The largest absolute Gasteiger partial charge is 0.384 e. The van der Waals surface area contributed by atoms with E-state index in [2.05, 4.69) is 18.0 Å². The van der Waals surface area contributed by atoms with Crippen molar-refractivity contribution < 1.29 is 0 Å². The first-order chi connectivity index (χ1) is 7.63. The van der Waals surface area contributed by atoms with Crippen molar-refractivity contribution in [3.63, 3.8) is 0 Å². The van der Waals surface area contributed by atoms with Crippen molar-refractivity contribution in [2.45, 2.75) is 13.5 Å². The highest BCUT2D eigenvalue weighted by Crippen LogP contribution is 2.22. The van der Waals surface area contributed by atoms with E-state index in [0.717, 1.165) is 17.0 Å². The normalized spacial score (nSPS) is 10.7. The van der Waals surface area contributed by atoms with Crippen LogP contribution in [0.15, 0.2) is 24.4 Å². The van der Waals surface area contributed by atoms with Gasteiger partial charge in [-0.15, -0.1) is 0 Å². The molecule has 0 unspecified atom stereocenters. The van der Waals surface area contributed by atoms with Gasteiger partial charge in [-0.3, -0.25) is 0 Å².